The molecule has 0 aliphatic heterocycles. The minimum Gasteiger partial charge on any atom is -0.349 e. The Morgan fingerprint density at radius 3 is 2.40 bits per heavy atom. The van der Waals surface area contributed by atoms with E-state index < -0.39 is 48.8 Å². The van der Waals surface area contributed by atoms with E-state index in [9.17, 15) is 31.5 Å². The predicted molar refractivity (Wildman–Crippen MR) is 135 cm³/mol. The molecule has 1 unspecified atom stereocenters. The molecule has 10 nitrogen and oxygen atoms in total. The molecule has 3 aromatic rings. The second kappa shape index (κ2) is 10.9. The Labute approximate surface area is 236 Å². The van der Waals surface area contributed by atoms with Crippen molar-refractivity contribution in [2.75, 3.05) is 0 Å². The highest BCUT2D eigenvalue weighted by atomic mass is 19.4. The van der Waals surface area contributed by atoms with Crippen LogP contribution in [0.4, 0.5) is 22.0 Å². The van der Waals surface area contributed by atoms with Gasteiger partial charge in [0.2, 0.25) is 11.8 Å². The number of carbonyl (C=O) groups is 2. The molecule has 3 fully saturated rings. The number of hydrogen-bond donors (Lipinski definition) is 2. The van der Waals surface area contributed by atoms with Crippen LogP contribution in [0.1, 0.15) is 110 Å². The summed E-state index contributed by atoms with van der Waals surface area (Å²) in [6.07, 6.45) is -0.0437. The van der Waals surface area contributed by atoms with Crippen molar-refractivity contribution in [2.24, 2.45) is 11.8 Å². The summed E-state index contributed by atoms with van der Waals surface area (Å²) in [7, 11) is 0. The number of fused-ring (bicyclic) bond motifs is 1. The summed E-state index contributed by atoms with van der Waals surface area (Å²) in [5.74, 6) is -4.13. The van der Waals surface area contributed by atoms with Gasteiger partial charge in [0, 0.05) is 25.2 Å². The van der Waals surface area contributed by atoms with Crippen molar-refractivity contribution in [3.05, 3.63) is 41.1 Å². The molecular weight excluding hydrogens is 565 g/mol. The van der Waals surface area contributed by atoms with Crippen LogP contribution in [0.5, 0.6) is 0 Å². The standard InChI is InChI=1S/C27H30F5N7O3/c28-26(29)8-5-16(6-9-26)22(36-25(41)24-23(15-3-4-15)37-42-38-24)18-13-39-19(34-18)11-17(12-33-39)21(14-1-2-14)35-20(40)7-10-27(30,31)32/h11-16,21-22H,1-10H2,(H,35,40)(H,36,41)/t21?,22-/m0/s1. The largest absolute Gasteiger partial charge is 0.389 e. The molecule has 0 saturated heterocycles. The van der Waals surface area contributed by atoms with Crippen LogP contribution in [-0.2, 0) is 4.79 Å². The Morgan fingerprint density at radius 2 is 1.74 bits per heavy atom. The van der Waals surface area contributed by atoms with E-state index in [-0.39, 0.29) is 49.1 Å². The van der Waals surface area contributed by atoms with Crippen molar-refractivity contribution in [3.63, 3.8) is 0 Å². The van der Waals surface area contributed by atoms with Gasteiger partial charge in [0.1, 0.15) is 5.69 Å². The molecule has 0 aromatic carbocycles. The third-order valence-corrected chi connectivity index (χ3v) is 8.30. The Bertz CT molecular complexity index is 1450. The number of alkyl halides is 5. The molecule has 2 atom stereocenters. The Hall–Kier alpha value is -3.65. The third kappa shape index (κ3) is 6.54. The Morgan fingerprint density at radius 1 is 1.02 bits per heavy atom. The molecular formula is C27H30F5N7O3. The molecule has 3 heterocycles. The number of rotatable bonds is 10. The lowest BCUT2D eigenvalue weighted by molar-refractivity contribution is -0.144. The predicted octanol–water partition coefficient (Wildman–Crippen LogP) is 5.20. The molecule has 42 heavy (non-hydrogen) atoms. The van der Waals surface area contributed by atoms with Gasteiger partial charge in [-0.15, -0.1) is 0 Å². The average Bonchev–Trinajstić information content (AvgIpc) is 3.87. The van der Waals surface area contributed by atoms with Crippen LogP contribution < -0.4 is 10.6 Å². The minimum atomic E-state index is -4.43. The van der Waals surface area contributed by atoms with Crippen molar-refractivity contribution in [1.29, 1.82) is 0 Å². The fraction of sp³-hybridized carbons (Fsp3) is 0.630. The van der Waals surface area contributed by atoms with Crippen molar-refractivity contribution < 1.29 is 36.2 Å². The van der Waals surface area contributed by atoms with Gasteiger partial charge in [-0.2, -0.15) is 18.3 Å². The highest BCUT2D eigenvalue weighted by Gasteiger charge is 2.41. The van der Waals surface area contributed by atoms with Gasteiger partial charge >= 0.3 is 6.18 Å². The van der Waals surface area contributed by atoms with Gasteiger partial charge in [0.25, 0.3) is 5.91 Å². The van der Waals surface area contributed by atoms with Crippen LogP contribution in [0.2, 0.25) is 0 Å². The zero-order valence-corrected chi connectivity index (χ0v) is 22.5. The van der Waals surface area contributed by atoms with Gasteiger partial charge in [0.05, 0.1) is 36.6 Å². The molecule has 3 aliphatic rings. The Kier molecular flexibility index (Phi) is 7.37. The number of amides is 2. The summed E-state index contributed by atoms with van der Waals surface area (Å²) >= 11 is 0. The third-order valence-electron chi connectivity index (χ3n) is 8.30. The maximum atomic E-state index is 14.0. The zero-order valence-electron chi connectivity index (χ0n) is 22.5. The second-order valence-electron chi connectivity index (χ2n) is 11.7. The lowest BCUT2D eigenvalue weighted by atomic mass is 9.81. The summed E-state index contributed by atoms with van der Waals surface area (Å²) in [5.41, 5.74) is 1.96. The SMILES string of the molecule is O=C(CCC(F)(F)F)NC(c1cnn2cc([C@@H](NC(=O)c3nonc3C3CC3)C3CCC(F)(F)CC3)nc2c1)C1CC1. The van der Waals surface area contributed by atoms with E-state index in [0.717, 1.165) is 25.7 Å². The number of imidazole rings is 1. The van der Waals surface area contributed by atoms with Crippen molar-refractivity contribution in [1.82, 2.24) is 35.5 Å². The van der Waals surface area contributed by atoms with E-state index in [1.807, 2.05) is 0 Å². The zero-order chi connectivity index (χ0) is 29.6. The normalized spacial score (nSPS) is 20.8. The van der Waals surface area contributed by atoms with Gasteiger partial charge in [-0.05, 0) is 67.1 Å². The number of nitrogens with zero attached hydrogens (tertiary/aromatic N) is 5. The second-order valence-corrected chi connectivity index (χ2v) is 11.7. The number of nitrogens with one attached hydrogen (secondary N) is 2. The van der Waals surface area contributed by atoms with Crippen molar-refractivity contribution in [2.45, 2.75) is 94.3 Å². The van der Waals surface area contributed by atoms with Crippen LogP contribution in [0.25, 0.3) is 5.65 Å². The average molecular weight is 596 g/mol. The molecule has 2 amide bonds. The molecule has 3 saturated carbocycles. The van der Waals surface area contributed by atoms with E-state index >= 15 is 0 Å². The molecule has 3 aromatic heterocycles. The highest BCUT2D eigenvalue weighted by molar-refractivity contribution is 5.93. The maximum Gasteiger partial charge on any atom is 0.389 e. The first-order chi connectivity index (χ1) is 20.0. The molecule has 15 heteroatoms. The van der Waals surface area contributed by atoms with Crippen molar-refractivity contribution >= 4 is 17.5 Å². The van der Waals surface area contributed by atoms with E-state index in [1.54, 1.807) is 12.3 Å². The van der Waals surface area contributed by atoms with Crippen LogP contribution in [0, 0.1) is 11.8 Å². The molecule has 0 bridgehead atoms. The summed E-state index contributed by atoms with van der Waals surface area (Å²) in [6.45, 7) is 0. The van der Waals surface area contributed by atoms with Crippen molar-refractivity contribution in [3.8, 4) is 0 Å². The fourth-order valence-corrected chi connectivity index (χ4v) is 5.65. The molecule has 0 spiro atoms. The van der Waals surface area contributed by atoms with Gasteiger partial charge in [0.15, 0.2) is 11.3 Å². The van der Waals surface area contributed by atoms with Gasteiger partial charge in [-0.1, -0.05) is 5.16 Å². The quantitative estimate of drug-likeness (QED) is 0.309. The number of aromatic nitrogens is 5. The van der Waals surface area contributed by atoms with E-state index in [4.69, 9.17) is 4.63 Å². The topological polar surface area (TPSA) is 127 Å². The number of carbonyl (C=O) groups excluding carboxylic acids is 2. The first-order valence-corrected chi connectivity index (χ1v) is 14.2. The van der Waals surface area contributed by atoms with Crippen LogP contribution in [0.3, 0.4) is 0 Å². The first kappa shape index (κ1) is 28.5. The summed E-state index contributed by atoms with van der Waals surface area (Å²) in [5, 5.41) is 17.7. The van der Waals surface area contributed by atoms with Crippen LogP contribution in [0.15, 0.2) is 23.1 Å². The number of hydrogen-bond acceptors (Lipinski definition) is 7. The van der Waals surface area contributed by atoms with Gasteiger partial charge in [-0.3, -0.25) is 9.59 Å². The molecule has 6 rings (SSSR count). The van der Waals surface area contributed by atoms with E-state index in [1.165, 1.54) is 10.7 Å². The lowest BCUT2D eigenvalue weighted by Crippen LogP contribution is -2.37. The lowest BCUT2D eigenvalue weighted by Gasteiger charge is -2.33. The number of halogens is 5. The van der Waals surface area contributed by atoms with Crippen LogP contribution >= 0.6 is 0 Å². The molecule has 226 valence electrons. The fourth-order valence-electron chi connectivity index (χ4n) is 5.65. The van der Waals surface area contributed by atoms with E-state index in [0.29, 0.717) is 22.6 Å². The molecule has 0 radical (unpaired) electrons. The minimum absolute atomic E-state index is 0.0707. The monoisotopic (exact) mass is 595 g/mol. The summed E-state index contributed by atoms with van der Waals surface area (Å²) in [4.78, 5) is 30.3. The summed E-state index contributed by atoms with van der Waals surface area (Å²) in [6, 6.07) is 0.466. The maximum absolute atomic E-state index is 14.0. The van der Waals surface area contributed by atoms with E-state index in [2.05, 4.69) is 31.0 Å². The first-order valence-electron chi connectivity index (χ1n) is 14.2. The summed E-state index contributed by atoms with van der Waals surface area (Å²) < 4.78 is 72.1. The molecule has 3 aliphatic carbocycles. The van der Waals surface area contributed by atoms with Gasteiger partial charge in [-0.25, -0.2) is 22.9 Å². The van der Waals surface area contributed by atoms with Gasteiger partial charge < -0.3 is 10.6 Å². The smallest absolute Gasteiger partial charge is 0.349 e. The van der Waals surface area contributed by atoms with Crippen LogP contribution in [-0.4, -0.2) is 48.8 Å². The Balaban J connectivity index is 1.25. The highest BCUT2D eigenvalue weighted by Crippen LogP contribution is 2.44. The molecule has 2 N–H and O–H groups in total.